The number of hydrogen-bond donors (Lipinski definition) is 2. The van der Waals surface area contributed by atoms with Crippen LogP contribution in [-0.2, 0) is 23.9 Å². The van der Waals surface area contributed by atoms with Gasteiger partial charge in [0.05, 0.1) is 5.69 Å². The fourth-order valence-corrected chi connectivity index (χ4v) is 1.88. The Hall–Kier alpha value is -2.97. The summed E-state index contributed by atoms with van der Waals surface area (Å²) in [5.41, 5.74) is -1.40. The molecule has 1 saturated heterocycles. The van der Waals surface area contributed by atoms with Gasteiger partial charge in [-0.05, 0) is 12.1 Å². The number of esters is 2. The van der Waals surface area contributed by atoms with Crippen molar-refractivity contribution in [1.82, 2.24) is 0 Å². The normalized spacial score (nSPS) is 16.1. The van der Waals surface area contributed by atoms with Crippen LogP contribution in [0, 0.1) is 11.6 Å². The highest BCUT2D eigenvalue weighted by Gasteiger charge is 2.39. The van der Waals surface area contributed by atoms with Crippen LogP contribution in [0.25, 0.3) is 0 Å². The minimum absolute atomic E-state index is 0.266. The molecule has 0 radical (unpaired) electrons. The van der Waals surface area contributed by atoms with Gasteiger partial charge in [0.2, 0.25) is 5.91 Å². The van der Waals surface area contributed by atoms with Gasteiger partial charge in [-0.15, -0.1) is 0 Å². The van der Waals surface area contributed by atoms with Crippen LogP contribution in [0.15, 0.2) is 23.9 Å². The summed E-state index contributed by atoms with van der Waals surface area (Å²) in [6, 6.07) is 1.95. The van der Waals surface area contributed by atoms with Crippen LogP contribution in [0.1, 0.15) is 20.8 Å². The maximum atomic E-state index is 14.2. The lowest BCUT2D eigenvalue weighted by atomic mass is 10.2. The zero-order valence-corrected chi connectivity index (χ0v) is 13.0. The molecule has 1 amide bonds. The summed E-state index contributed by atoms with van der Waals surface area (Å²) >= 11 is 0. The molecule has 0 unspecified atom stereocenters. The number of carbonyl (C=O) groups is 3. The summed E-state index contributed by atoms with van der Waals surface area (Å²) in [6.07, 6.45) is 0.883. The molecule has 2 N–H and O–H groups in total. The van der Waals surface area contributed by atoms with E-state index in [2.05, 4.69) is 5.32 Å². The minimum Gasteiger partial charge on any atom is -0.419 e. The predicted molar refractivity (Wildman–Crippen MR) is 78.6 cm³/mol. The van der Waals surface area contributed by atoms with Crippen LogP contribution < -0.4 is 10.6 Å². The quantitative estimate of drug-likeness (QED) is 0.497. The maximum absolute atomic E-state index is 14.2. The Balaban J connectivity index is 2.27. The molecule has 128 valence electrons. The number of hydrogen-bond acceptors (Lipinski definition) is 6. The molecular weight excluding hydrogens is 326 g/mol. The van der Waals surface area contributed by atoms with Crippen molar-refractivity contribution >= 4 is 29.2 Å². The van der Waals surface area contributed by atoms with Crippen molar-refractivity contribution in [2.45, 2.75) is 26.6 Å². The van der Waals surface area contributed by atoms with Gasteiger partial charge in [0.1, 0.15) is 11.5 Å². The number of ether oxygens (including phenoxy) is 2. The molecule has 1 fully saturated rings. The Morgan fingerprint density at radius 3 is 2.29 bits per heavy atom. The number of halogens is 2. The smallest absolute Gasteiger partial charge is 0.350 e. The highest BCUT2D eigenvalue weighted by atomic mass is 19.1. The van der Waals surface area contributed by atoms with Crippen LogP contribution in [-0.4, -0.2) is 23.6 Å². The van der Waals surface area contributed by atoms with Crippen molar-refractivity contribution in [3.63, 3.8) is 0 Å². The van der Waals surface area contributed by atoms with Gasteiger partial charge in [0.15, 0.2) is 11.4 Å². The molecule has 1 aliphatic rings. The van der Waals surface area contributed by atoms with E-state index in [1.54, 1.807) is 0 Å². The number of amides is 1. The molecule has 0 saturated carbocycles. The molecule has 0 aromatic heterocycles. The average Bonchev–Trinajstić information content (AvgIpc) is 2.43. The Bertz CT molecular complexity index is 736. The Morgan fingerprint density at radius 2 is 1.75 bits per heavy atom. The van der Waals surface area contributed by atoms with Crippen LogP contribution in [0.4, 0.5) is 20.2 Å². The topological polar surface area (TPSA) is 93.7 Å². The van der Waals surface area contributed by atoms with Gasteiger partial charge in [-0.2, -0.15) is 0 Å². The van der Waals surface area contributed by atoms with E-state index in [1.165, 1.54) is 13.8 Å². The van der Waals surface area contributed by atoms with Crippen molar-refractivity contribution in [1.29, 1.82) is 0 Å². The van der Waals surface area contributed by atoms with E-state index >= 15 is 0 Å². The van der Waals surface area contributed by atoms with E-state index in [0.29, 0.717) is 0 Å². The van der Waals surface area contributed by atoms with E-state index in [9.17, 15) is 23.2 Å². The van der Waals surface area contributed by atoms with Crippen LogP contribution in [0.2, 0.25) is 0 Å². The van der Waals surface area contributed by atoms with E-state index < -0.39 is 46.5 Å². The third-order valence-corrected chi connectivity index (χ3v) is 2.88. The molecule has 2 rings (SSSR count). The van der Waals surface area contributed by atoms with Crippen molar-refractivity contribution in [2.24, 2.45) is 0 Å². The van der Waals surface area contributed by atoms with E-state index in [1.807, 2.05) is 5.32 Å². The van der Waals surface area contributed by atoms with Gasteiger partial charge in [-0.1, -0.05) is 0 Å². The van der Waals surface area contributed by atoms with Crippen LogP contribution in [0.3, 0.4) is 0 Å². The Labute approximate surface area is 135 Å². The SMILES string of the molecule is CC(=O)Nc1c(F)ccc(NC=C2C(=O)OC(C)(C)OC2=O)c1F. The first kappa shape index (κ1) is 17.4. The Morgan fingerprint density at radius 1 is 1.17 bits per heavy atom. The number of cyclic esters (lactones) is 2. The molecule has 1 aromatic rings. The summed E-state index contributed by atoms with van der Waals surface area (Å²) in [6.45, 7) is 3.86. The molecule has 7 nitrogen and oxygen atoms in total. The second-order valence-corrected chi connectivity index (χ2v) is 5.35. The largest absolute Gasteiger partial charge is 0.419 e. The van der Waals surface area contributed by atoms with Crippen molar-refractivity contribution in [3.05, 3.63) is 35.5 Å². The zero-order valence-electron chi connectivity index (χ0n) is 13.0. The van der Waals surface area contributed by atoms with Crippen molar-refractivity contribution in [2.75, 3.05) is 10.6 Å². The highest BCUT2D eigenvalue weighted by Crippen LogP contribution is 2.27. The molecule has 9 heteroatoms. The van der Waals surface area contributed by atoms with Gasteiger partial charge in [0.25, 0.3) is 5.79 Å². The summed E-state index contributed by atoms with van der Waals surface area (Å²) < 4.78 is 37.5. The second-order valence-electron chi connectivity index (χ2n) is 5.35. The number of anilines is 2. The molecule has 0 atom stereocenters. The highest BCUT2D eigenvalue weighted by molar-refractivity contribution is 6.15. The maximum Gasteiger partial charge on any atom is 0.350 e. The zero-order chi connectivity index (χ0) is 18.1. The lowest BCUT2D eigenvalue weighted by Gasteiger charge is -2.29. The summed E-state index contributed by atoms with van der Waals surface area (Å²) in [5, 5.41) is 4.37. The third-order valence-electron chi connectivity index (χ3n) is 2.88. The van der Waals surface area contributed by atoms with E-state index in [4.69, 9.17) is 9.47 Å². The van der Waals surface area contributed by atoms with Gasteiger partial charge in [0, 0.05) is 27.0 Å². The van der Waals surface area contributed by atoms with Crippen LogP contribution >= 0.6 is 0 Å². The first-order chi connectivity index (χ1) is 11.1. The third kappa shape index (κ3) is 3.67. The fourth-order valence-electron chi connectivity index (χ4n) is 1.88. The monoisotopic (exact) mass is 340 g/mol. The van der Waals surface area contributed by atoms with E-state index in [0.717, 1.165) is 25.3 Å². The molecule has 24 heavy (non-hydrogen) atoms. The number of rotatable bonds is 3. The van der Waals surface area contributed by atoms with Gasteiger partial charge in [-0.25, -0.2) is 18.4 Å². The second kappa shape index (κ2) is 6.26. The molecule has 1 heterocycles. The molecular formula is C15H14F2N2O5. The molecule has 1 aromatic carbocycles. The number of nitrogens with one attached hydrogen (secondary N) is 2. The molecule has 0 bridgehead atoms. The number of benzene rings is 1. The minimum atomic E-state index is -1.40. The van der Waals surface area contributed by atoms with Gasteiger partial charge >= 0.3 is 11.9 Å². The first-order valence-electron chi connectivity index (χ1n) is 6.79. The number of carbonyl (C=O) groups excluding carboxylic acids is 3. The lowest BCUT2D eigenvalue weighted by molar-refractivity contribution is -0.222. The lowest BCUT2D eigenvalue weighted by Crippen LogP contribution is -2.42. The first-order valence-corrected chi connectivity index (χ1v) is 6.79. The summed E-state index contributed by atoms with van der Waals surface area (Å²) in [7, 11) is 0. The standard InChI is InChI=1S/C15H14F2N2O5/c1-7(20)19-12-9(16)4-5-10(11(12)17)18-6-8-13(21)23-15(2,3)24-14(8)22/h4-6,18H,1-3H3,(H,19,20). The average molecular weight is 340 g/mol. The Kier molecular flexibility index (Phi) is 4.54. The summed E-state index contributed by atoms with van der Waals surface area (Å²) in [5.74, 6) is -6.03. The molecule has 0 spiro atoms. The fraction of sp³-hybridized carbons (Fsp3) is 0.267. The van der Waals surface area contributed by atoms with Crippen molar-refractivity contribution in [3.8, 4) is 0 Å². The molecule has 1 aliphatic heterocycles. The summed E-state index contributed by atoms with van der Waals surface area (Å²) in [4.78, 5) is 34.5. The van der Waals surface area contributed by atoms with Gasteiger partial charge in [-0.3, -0.25) is 4.79 Å². The van der Waals surface area contributed by atoms with Gasteiger partial charge < -0.3 is 20.1 Å². The van der Waals surface area contributed by atoms with E-state index in [-0.39, 0.29) is 5.69 Å². The van der Waals surface area contributed by atoms with Crippen LogP contribution in [0.5, 0.6) is 0 Å². The van der Waals surface area contributed by atoms with Crippen molar-refractivity contribution < 1.29 is 32.6 Å². The predicted octanol–water partition coefficient (Wildman–Crippen LogP) is 2.06. The molecule has 0 aliphatic carbocycles.